The van der Waals surface area contributed by atoms with Gasteiger partial charge in [0.25, 0.3) is 0 Å². The summed E-state index contributed by atoms with van der Waals surface area (Å²) in [6.45, 7) is 0. The number of rotatable bonds is 22. The smallest absolute Gasteiger partial charge is 0.302 e. The van der Waals surface area contributed by atoms with E-state index in [1.807, 2.05) is 0 Å². The molecule has 1 fully saturated rings. The van der Waals surface area contributed by atoms with Crippen molar-refractivity contribution < 1.29 is 110 Å². The first-order chi connectivity index (χ1) is 21.2. The molecule has 1 rings (SSSR count). The molecule has 0 aromatic heterocycles. The van der Waals surface area contributed by atoms with Crippen LogP contribution in [0.15, 0.2) is 0 Å². The van der Waals surface area contributed by atoms with Crippen molar-refractivity contribution in [3.05, 3.63) is 0 Å². The molecule has 46 heavy (non-hydrogen) atoms. The van der Waals surface area contributed by atoms with Crippen molar-refractivity contribution in [2.45, 2.75) is 36.6 Å². The highest BCUT2D eigenvalue weighted by Crippen LogP contribution is 2.63. The molecule has 0 aromatic rings. The van der Waals surface area contributed by atoms with E-state index in [9.17, 15) is 37.2 Å². The molecule has 1 aliphatic rings. The molecule has 6 atom stereocenters. The molecule has 0 radical (unpaired) electrons. The second-order valence-corrected chi connectivity index (χ2v) is 18.3. The van der Waals surface area contributed by atoms with Crippen LogP contribution in [0.2, 0.25) is 0 Å². The Labute approximate surface area is 264 Å². The lowest BCUT2D eigenvalue weighted by Crippen LogP contribution is -2.66. The summed E-state index contributed by atoms with van der Waals surface area (Å²) in [6.07, 6.45) is -14.4. The summed E-state index contributed by atoms with van der Waals surface area (Å²) in [4.78, 5) is 20.7. The lowest BCUT2D eigenvalue weighted by molar-refractivity contribution is -0.204. The van der Waals surface area contributed by atoms with Crippen molar-refractivity contribution in [2.24, 2.45) is 0 Å². The van der Waals surface area contributed by atoms with Gasteiger partial charge in [-0.25, -0.2) is 27.4 Å². The molecule has 1 saturated carbocycles. The fourth-order valence-corrected chi connectivity index (χ4v) is 8.18. The van der Waals surface area contributed by atoms with E-state index in [4.69, 9.17) is 63.3 Å². The highest BCUT2D eigenvalue weighted by Gasteiger charge is 2.64. The maximum Gasteiger partial charge on any atom is 0.474 e. The molecule has 0 bridgehead atoms. The second kappa shape index (κ2) is 18.2. The minimum Gasteiger partial charge on any atom is -0.302 e. The van der Waals surface area contributed by atoms with Gasteiger partial charge in [0.15, 0.2) is 0 Å². The van der Waals surface area contributed by atoms with E-state index >= 15 is 0 Å². The van der Waals surface area contributed by atoms with Crippen LogP contribution in [-0.2, 0) is 99.8 Å². The van der Waals surface area contributed by atoms with E-state index in [0.29, 0.717) is 14.2 Å². The van der Waals surface area contributed by atoms with Gasteiger partial charge < -0.3 is 9.79 Å². The Bertz CT molecular complexity index is 1160. The quantitative estimate of drug-likeness (QED) is 0.148. The summed E-state index contributed by atoms with van der Waals surface area (Å²) < 4.78 is 158. The topological polar surface area (TPSA) is 291 Å². The van der Waals surface area contributed by atoms with Gasteiger partial charge in [-0.2, -0.15) is 0 Å². The number of hydrogen-bond donors (Lipinski definition) is 2. The van der Waals surface area contributed by atoms with E-state index < -0.39 is 83.6 Å². The molecule has 24 nitrogen and oxygen atoms in total. The van der Waals surface area contributed by atoms with E-state index in [-0.39, 0.29) is 0 Å². The molecule has 0 aromatic carbocycles. The van der Waals surface area contributed by atoms with E-state index in [2.05, 4.69) is 9.05 Å². The second-order valence-electron chi connectivity index (χ2n) is 7.97. The fraction of sp³-hybridized carbons (Fsp3) is 1.00. The lowest BCUT2D eigenvalue weighted by Gasteiger charge is -2.49. The van der Waals surface area contributed by atoms with Crippen molar-refractivity contribution in [1.29, 1.82) is 0 Å². The van der Waals surface area contributed by atoms with Gasteiger partial charge in [0.1, 0.15) is 36.6 Å². The minimum absolute atomic E-state index is 0.706. The van der Waals surface area contributed by atoms with Crippen molar-refractivity contribution >= 4 is 46.9 Å². The average Bonchev–Trinajstić information content (AvgIpc) is 3.05. The predicted octanol–water partition coefficient (Wildman–Crippen LogP) is 3.41. The van der Waals surface area contributed by atoms with E-state index in [1.165, 1.54) is 0 Å². The molecule has 1 aliphatic carbocycles. The van der Waals surface area contributed by atoms with Crippen LogP contribution in [0.25, 0.3) is 0 Å². The molecule has 2 N–H and O–H groups in total. The van der Waals surface area contributed by atoms with Gasteiger partial charge in [-0.15, -0.1) is 0 Å². The fourth-order valence-electron chi connectivity index (χ4n) is 3.47. The maximum absolute atomic E-state index is 13.3. The molecule has 0 spiro atoms. The molecule has 0 aliphatic heterocycles. The summed E-state index contributed by atoms with van der Waals surface area (Å²) in [5, 5.41) is 0. The molecule has 276 valence electrons. The Balaban J connectivity index is 4.42. The van der Waals surface area contributed by atoms with Crippen LogP contribution in [0.3, 0.4) is 0 Å². The van der Waals surface area contributed by atoms with Crippen molar-refractivity contribution in [3.8, 4) is 0 Å². The minimum atomic E-state index is -5.28. The summed E-state index contributed by atoms with van der Waals surface area (Å²) >= 11 is 0. The van der Waals surface area contributed by atoms with Gasteiger partial charge in [-0.1, -0.05) is 0 Å². The first-order valence-electron chi connectivity index (χ1n) is 11.9. The highest BCUT2D eigenvalue weighted by molar-refractivity contribution is 7.49. The highest BCUT2D eigenvalue weighted by atomic mass is 31.2. The zero-order chi connectivity index (χ0) is 35.8. The standard InChI is InChI=1S/C16H38O24P6/c1-25-41(17,18)35-11-13(37-43(21,27-3)28-4)12(36-42(19,20)26-2)15(39-45(23,31-7)32-8)16(40-46(24,33-9)34-10)14(11)38-44(22,29-5)30-6/h11-16H,1-10H3,(H,17,18)(H,19,20). The summed E-state index contributed by atoms with van der Waals surface area (Å²) in [7, 11) is -21.8. The van der Waals surface area contributed by atoms with Crippen LogP contribution in [-0.4, -0.2) is 118 Å². The van der Waals surface area contributed by atoms with Crippen LogP contribution in [0.5, 0.6) is 0 Å². The normalized spacial score (nSPS) is 27.7. The lowest BCUT2D eigenvalue weighted by atomic mass is 9.85. The van der Waals surface area contributed by atoms with Gasteiger partial charge in [0.05, 0.1) is 0 Å². The molecular weight excluding hydrogens is 762 g/mol. The van der Waals surface area contributed by atoms with Crippen LogP contribution in [0, 0.1) is 0 Å². The molecule has 0 saturated heterocycles. The van der Waals surface area contributed by atoms with Crippen LogP contribution in [0.4, 0.5) is 0 Å². The third kappa shape index (κ3) is 11.9. The third-order valence-corrected chi connectivity index (χ3v) is 13.2. The maximum atomic E-state index is 13.3. The Morgan fingerprint density at radius 1 is 0.304 bits per heavy atom. The van der Waals surface area contributed by atoms with Gasteiger partial charge >= 0.3 is 46.9 Å². The number of phosphoric acid groups is 6. The summed E-state index contributed by atoms with van der Waals surface area (Å²) in [5.74, 6) is 0. The summed E-state index contributed by atoms with van der Waals surface area (Å²) in [5.41, 5.74) is 0. The molecule has 0 heterocycles. The Hall–Kier alpha value is 0.660. The van der Waals surface area contributed by atoms with Crippen molar-refractivity contribution in [2.75, 3.05) is 71.1 Å². The van der Waals surface area contributed by atoms with Gasteiger partial charge in [-0.05, 0) is 0 Å². The average molecular weight is 800 g/mol. The molecule has 30 heteroatoms. The van der Waals surface area contributed by atoms with Crippen molar-refractivity contribution in [3.63, 3.8) is 0 Å². The molecule has 0 amide bonds. The first-order valence-corrected chi connectivity index (χ1v) is 20.7. The van der Waals surface area contributed by atoms with E-state index in [0.717, 1.165) is 56.9 Å². The van der Waals surface area contributed by atoms with Gasteiger partial charge in [0.2, 0.25) is 0 Å². The zero-order valence-electron chi connectivity index (χ0n) is 26.0. The molecular formula is C16H38O24P6. The SMILES string of the molecule is COP(=O)(O)OC1C(OP(=O)(OC)OC)C(OP(=O)(O)OC)C(OP(=O)(OC)OC)C(OP(=O)(OC)OC)C1OP(=O)(OC)OC. The molecule has 6 unspecified atom stereocenters. The van der Waals surface area contributed by atoms with Crippen LogP contribution >= 0.6 is 46.9 Å². The number of phosphoric ester groups is 6. The van der Waals surface area contributed by atoms with E-state index in [1.54, 1.807) is 0 Å². The van der Waals surface area contributed by atoms with Crippen molar-refractivity contribution in [1.82, 2.24) is 0 Å². The summed E-state index contributed by atoms with van der Waals surface area (Å²) in [6, 6.07) is 0. The predicted molar refractivity (Wildman–Crippen MR) is 149 cm³/mol. The third-order valence-electron chi connectivity index (χ3n) is 5.71. The monoisotopic (exact) mass is 800 g/mol. The van der Waals surface area contributed by atoms with Crippen LogP contribution in [0.1, 0.15) is 0 Å². The van der Waals surface area contributed by atoms with Crippen LogP contribution < -0.4 is 0 Å². The largest absolute Gasteiger partial charge is 0.474 e. The Morgan fingerprint density at radius 3 is 0.587 bits per heavy atom. The Morgan fingerprint density at radius 2 is 0.457 bits per heavy atom. The first kappa shape index (κ1) is 44.7. The zero-order valence-corrected chi connectivity index (χ0v) is 31.4. The van der Waals surface area contributed by atoms with Gasteiger partial charge in [-0.3, -0.25) is 72.4 Å². The van der Waals surface area contributed by atoms with Gasteiger partial charge in [0, 0.05) is 71.1 Å². The number of hydrogen-bond acceptors (Lipinski definition) is 22. The Kier molecular flexibility index (Phi) is 17.7.